The van der Waals surface area contributed by atoms with Crippen molar-refractivity contribution < 1.29 is 9.21 Å². The van der Waals surface area contributed by atoms with E-state index in [4.69, 9.17) is 45.0 Å². The Balaban J connectivity index is 1.72. The maximum absolute atomic E-state index is 12.2. The van der Waals surface area contributed by atoms with Crippen LogP contribution in [-0.4, -0.2) is 5.91 Å². The van der Waals surface area contributed by atoms with Gasteiger partial charge >= 0.3 is 0 Å². The van der Waals surface area contributed by atoms with E-state index in [9.17, 15) is 4.79 Å². The van der Waals surface area contributed by atoms with Crippen molar-refractivity contribution in [1.82, 2.24) is 0 Å². The Morgan fingerprint density at radius 3 is 2.52 bits per heavy atom. The molecule has 27 heavy (non-hydrogen) atoms. The number of nitrogens with two attached hydrogens (primary N) is 1. The molecule has 1 heterocycles. The van der Waals surface area contributed by atoms with Crippen LogP contribution in [0.2, 0.25) is 15.1 Å². The molecule has 4 nitrogen and oxygen atoms in total. The van der Waals surface area contributed by atoms with Gasteiger partial charge in [0.05, 0.1) is 20.8 Å². The van der Waals surface area contributed by atoms with E-state index in [1.54, 1.807) is 48.5 Å². The largest absolute Gasteiger partial charge is 0.457 e. The standard InChI is InChI=1S/C20H15Cl3N2O2/c1-11-8-13(24)10-17(23)20(11)25-19(26)7-4-14-3-6-18(27-14)12-2-5-15(21)16(22)9-12/h2-10H,24H2,1H3,(H,25,26)/b7-4+. The van der Waals surface area contributed by atoms with Gasteiger partial charge in [0, 0.05) is 17.3 Å². The van der Waals surface area contributed by atoms with Gasteiger partial charge in [0.1, 0.15) is 11.5 Å². The van der Waals surface area contributed by atoms with E-state index >= 15 is 0 Å². The summed E-state index contributed by atoms with van der Waals surface area (Å²) in [5, 5.41) is 4.04. The zero-order valence-corrected chi connectivity index (χ0v) is 16.5. The number of nitrogens with one attached hydrogen (secondary N) is 1. The Bertz CT molecular complexity index is 1020. The highest BCUT2D eigenvalue weighted by Gasteiger charge is 2.09. The van der Waals surface area contributed by atoms with Gasteiger partial charge in [-0.2, -0.15) is 0 Å². The lowest BCUT2D eigenvalue weighted by Crippen LogP contribution is -2.09. The summed E-state index contributed by atoms with van der Waals surface area (Å²) in [6, 6.07) is 12.1. The Hall–Kier alpha value is -2.40. The highest BCUT2D eigenvalue weighted by Crippen LogP contribution is 2.30. The number of furan rings is 1. The van der Waals surface area contributed by atoms with Gasteiger partial charge in [-0.05, 0) is 61.0 Å². The zero-order valence-electron chi connectivity index (χ0n) is 14.2. The van der Waals surface area contributed by atoms with E-state index in [0.717, 1.165) is 11.1 Å². The van der Waals surface area contributed by atoms with Gasteiger partial charge in [0.2, 0.25) is 5.91 Å². The second kappa shape index (κ2) is 8.09. The van der Waals surface area contributed by atoms with Crippen LogP contribution in [0.4, 0.5) is 11.4 Å². The van der Waals surface area contributed by atoms with Gasteiger partial charge in [0.15, 0.2) is 0 Å². The minimum atomic E-state index is -0.336. The molecule has 2 aromatic carbocycles. The Morgan fingerprint density at radius 2 is 1.81 bits per heavy atom. The molecule has 3 rings (SSSR count). The first-order valence-corrected chi connectivity index (χ1v) is 9.07. The molecule has 3 aromatic rings. The molecule has 1 amide bonds. The van der Waals surface area contributed by atoms with E-state index < -0.39 is 0 Å². The van der Waals surface area contributed by atoms with E-state index in [2.05, 4.69) is 5.32 Å². The van der Waals surface area contributed by atoms with Crippen LogP contribution < -0.4 is 11.1 Å². The second-order valence-corrected chi connectivity index (χ2v) is 7.07. The predicted molar refractivity (Wildman–Crippen MR) is 112 cm³/mol. The van der Waals surface area contributed by atoms with Crippen LogP contribution in [0.1, 0.15) is 11.3 Å². The number of nitrogen functional groups attached to an aromatic ring is 1. The quantitative estimate of drug-likeness (QED) is 0.376. The average molecular weight is 422 g/mol. The van der Waals surface area contributed by atoms with Crippen LogP contribution in [0.25, 0.3) is 17.4 Å². The molecule has 0 unspecified atom stereocenters. The molecule has 138 valence electrons. The molecule has 0 aliphatic heterocycles. The summed E-state index contributed by atoms with van der Waals surface area (Å²) in [5.41, 5.74) is 8.35. The van der Waals surface area contributed by atoms with Gasteiger partial charge < -0.3 is 15.5 Å². The smallest absolute Gasteiger partial charge is 0.248 e. The zero-order chi connectivity index (χ0) is 19.6. The fourth-order valence-corrected chi connectivity index (χ4v) is 3.12. The van der Waals surface area contributed by atoms with Crippen molar-refractivity contribution in [1.29, 1.82) is 0 Å². The Labute approximate surface area is 171 Å². The van der Waals surface area contributed by atoms with Crippen molar-refractivity contribution in [2.45, 2.75) is 6.92 Å². The topological polar surface area (TPSA) is 68.3 Å². The van der Waals surface area contributed by atoms with Crippen LogP contribution >= 0.6 is 34.8 Å². The molecule has 0 atom stereocenters. The molecular weight excluding hydrogens is 407 g/mol. The second-order valence-electron chi connectivity index (χ2n) is 5.85. The summed E-state index contributed by atoms with van der Waals surface area (Å²) in [6.45, 7) is 1.82. The van der Waals surface area contributed by atoms with Gasteiger partial charge in [-0.15, -0.1) is 0 Å². The Kier molecular flexibility index (Phi) is 5.80. The summed E-state index contributed by atoms with van der Waals surface area (Å²) < 4.78 is 5.72. The molecule has 7 heteroatoms. The van der Waals surface area contributed by atoms with Gasteiger partial charge in [-0.25, -0.2) is 0 Å². The lowest BCUT2D eigenvalue weighted by molar-refractivity contribution is -0.111. The summed E-state index contributed by atoms with van der Waals surface area (Å²) >= 11 is 18.1. The highest BCUT2D eigenvalue weighted by molar-refractivity contribution is 6.42. The fourth-order valence-electron chi connectivity index (χ4n) is 2.50. The van der Waals surface area contributed by atoms with Crippen LogP contribution in [-0.2, 0) is 4.79 Å². The van der Waals surface area contributed by atoms with Crippen LogP contribution in [0, 0.1) is 6.92 Å². The number of carbonyl (C=O) groups excluding carboxylic acids is 1. The first-order chi connectivity index (χ1) is 12.8. The van der Waals surface area contributed by atoms with Crippen LogP contribution in [0.15, 0.2) is 53.0 Å². The molecule has 0 radical (unpaired) electrons. The van der Waals surface area contributed by atoms with Crippen molar-refractivity contribution in [2.24, 2.45) is 0 Å². The first-order valence-electron chi connectivity index (χ1n) is 7.93. The number of hydrogen-bond donors (Lipinski definition) is 2. The third kappa shape index (κ3) is 4.66. The fraction of sp³-hybridized carbons (Fsp3) is 0.0500. The van der Waals surface area contributed by atoms with Crippen molar-refractivity contribution >= 4 is 58.2 Å². The van der Waals surface area contributed by atoms with E-state index in [-0.39, 0.29) is 5.91 Å². The highest BCUT2D eigenvalue weighted by atomic mass is 35.5. The third-order valence-corrected chi connectivity index (χ3v) is 4.82. The van der Waals surface area contributed by atoms with E-state index in [1.165, 1.54) is 6.08 Å². The third-order valence-electron chi connectivity index (χ3n) is 3.79. The van der Waals surface area contributed by atoms with Gasteiger partial charge in [-0.3, -0.25) is 4.79 Å². The molecule has 1 aromatic heterocycles. The first kappa shape index (κ1) is 19.4. The molecule has 0 aliphatic carbocycles. The Morgan fingerprint density at radius 1 is 1.04 bits per heavy atom. The lowest BCUT2D eigenvalue weighted by Gasteiger charge is -2.09. The maximum atomic E-state index is 12.2. The molecule has 0 saturated heterocycles. The monoisotopic (exact) mass is 420 g/mol. The lowest BCUT2D eigenvalue weighted by atomic mass is 10.1. The van der Waals surface area contributed by atoms with Crippen molar-refractivity contribution in [3.8, 4) is 11.3 Å². The summed E-state index contributed by atoms with van der Waals surface area (Å²) in [7, 11) is 0. The molecule has 0 bridgehead atoms. The average Bonchev–Trinajstić information content (AvgIpc) is 3.07. The number of benzene rings is 2. The molecular formula is C20H15Cl3N2O2. The number of halogens is 3. The summed E-state index contributed by atoms with van der Waals surface area (Å²) in [4.78, 5) is 12.2. The van der Waals surface area contributed by atoms with E-state index in [0.29, 0.717) is 38.0 Å². The number of amides is 1. The van der Waals surface area contributed by atoms with Crippen LogP contribution in [0.3, 0.4) is 0 Å². The van der Waals surface area contributed by atoms with Crippen molar-refractivity contribution in [3.63, 3.8) is 0 Å². The minimum absolute atomic E-state index is 0.336. The van der Waals surface area contributed by atoms with Crippen molar-refractivity contribution in [2.75, 3.05) is 11.1 Å². The summed E-state index contributed by atoms with van der Waals surface area (Å²) in [5.74, 6) is 0.801. The van der Waals surface area contributed by atoms with Gasteiger partial charge in [0.25, 0.3) is 0 Å². The molecule has 0 spiro atoms. The molecule has 0 fully saturated rings. The number of aryl methyl sites for hydroxylation is 1. The van der Waals surface area contributed by atoms with E-state index in [1.807, 2.05) is 6.92 Å². The number of carbonyl (C=O) groups is 1. The molecule has 0 aliphatic rings. The van der Waals surface area contributed by atoms with Gasteiger partial charge in [-0.1, -0.05) is 34.8 Å². The SMILES string of the molecule is Cc1cc(N)cc(Cl)c1NC(=O)/C=C/c1ccc(-c2ccc(Cl)c(Cl)c2)o1. The number of rotatable bonds is 4. The van der Waals surface area contributed by atoms with Crippen molar-refractivity contribution in [3.05, 3.63) is 74.9 Å². The van der Waals surface area contributed by atoms with Crippen LogP contribution in [0.5, 0.6) is 0 Å². The maximum Gasteiger partial charge on any atom is 0.248 e. The number of anilines is 2. The number of hydrogen-bond acceptors (Lipinski definition) is 3. The predicted octanol–water partition coefficient (Wildman–Crippen LogP) is 6.45. The normalized spacial score (nSPS) is 11.1. The molecule has 0 saturated carbocycles. The minimum Gasteiger partial charge on any atom is -0.457 e. The summed E-state index contributed by atoms with van der Waals surface area (Å²) in [6.07, 6.45) is 2.93. The molecule has 3 N–H and O–H groups in total.